The molecule has 1 aromatic carbocycles. The van der Waals surface area contributed by atoms with E-state index in [2.05, 4.69) is 21.2 Å². The van der Waals surface area contributed by atoms with Crippen LogP contribution in [0.4, 0.5) is 10.1 Å². The van der Waals surface area contributed by atoms with E-state index in [1.165, 1.54) is 6.07 Å². The van der Waals surface area contributed by atoms with E-state index < -0.39 is 6.10 Å². The fraction of sp³-hybridized carbons (Fsp3) is 0.571. The molecule has 0 radical (unpaired) electrons. The lowest BCUT2D eigenvalue weighted by Gasteiger charge is -2.14. The first-order chi connectivity index (χ1) is 9.49. The maximum atomic E-state index is 13.4. The van der Waals surface area contributed by atoms with Crippen molar-refractivity contribution < 1.29 is 19.0 Å². The largest absolute Gasteiger partial charge is 0.389 e. The molecule has 2 N–H and O–H groups in total. The number of halogens is 2. The zero-order valence-corrected chi connectivity index (χ0v) is 13.3. The Labute approximate surface area is 127 Å². The van der Waals surface area contributed by atoms with Crippen LogP contribution in [0.5, 0.6) is 0 Å². The molecule has 0 amide bonds. The van der Waals surface area contributed by atoms with Crippen molar-refractivity contribution in [2.24, 2.45) is 0 Å². The fourth-order valence-electron chi connectivity index (χ4n) is 1.48. The molecule has 0 spiro atoms. The zero-order chi connectivity index (χ0) is 15.0. The van der Waals surface area contributed by atoms with Gasteiger partial charge >= 0.3 is 0 Å². The van der Waals surface area contributed by atoms with Crippen LogP contribution in [0, 0.1) is 5.82 Å². The summed E-state index contributed by atoms with van der Waals surface area (Å²) in [6.45, 7) is 5.23. The van der Waals surface area contributed by atoms with Gasteiger partial charge in [-0.3, -0.25) is 0 Å². The second-order valence-electron chi connectivity index (χ2n) is 4.65. The third kappa shape index (κ3) is 7.19. The van der Waals surface area contributed by atoms with Crippen molar-refractivity contribution in [3.63, 3.8) is 0 Å². The number of hydrogen-bond donors (Lipinski definition) is 2. The van der Waals surface area contributed by atoms with Gasteiger partial charge in [-0.25, -0.2) is 4.39 Å². The van der Waals surface area contributed by atoms with Gasteiger partial charge in [0, 0.05) is 11.0 Å². The van der Waals surface area contributed by atoms with Crippen LogP contribution in [-0.2, 0) is 9.47 Å². The van der Waals surface area contributed by atoms with E-state index in [1.54, 1.807) is 12.1 Å². The summed E-state index contributed by atoms with van der Waals surface area (Å²) in [6, 6.07) is 4.60. The van der Waals surface area contributed by atoms with Gasteiger partial charge in [-0.1, -0.05) is 15.9 Å². The summed E-state index contributed by atoms with van der Waals surface area (Å²) < 4.78 is 24.8. The summed E-state index contributed by atoms with van der Waals surface area (Å²) in [5.41, 5.74) is 0.349. The summed E-state index contributed by atoms with van der Waals surface area (Å²) in [5.74, 6) is -0.355. The monoisotopic (exact) mass is 349 g/mol. The van der Waals surface area contributed by atoms with Crippen LogP contribution >= 0.6 is 15.9 Å². The number of rotatable bonds is 9. The molecule has 1 unspecified atom stereocenters. The van der Waals surface area contributed by atoms with Crippen molar-refractivity contribution in [1.82, 2.24) is 0 Å². The molecule has 0 aliphatic heterocycles. The number of nitrogens with one attached hydrogen (secondary N) is 1. The van der Waals surface area contributed by atoms with Crippen LogP contribution in [0.15, 0.2) is 22.7 Å². The van der Waals surface area contributed by atoms with E-state index in [4.69, 9.17) is 9.47 Å². The van der Waals surface area contributed by atoms with E-state index in [0.717, 1.165) is 4.47 Å². The standard InChI is InChI=1S/C14H21BrFNO3/c1-10(2)20-6-5-19-9-12(18)8-17-14-7-11(15)3-4-13(14)16/h3-4,7,10,12,17-18H,5-6,8-9H2,1-2H3. The van der Waals surface area contributed by atoms with Gasteiger partial charge in [0.1, 0.15) is 5.82 Å². The molecular weight excluding hydrogens is 329 g/mol. The van der Waals surface area contributed by atoms with Crippen molar-refractivity contribution in [3.05, 3.63) is 28.5 Å². The Morgan fingerprint density at radius 1 is 1.35 bits per heavy atom. The first-order valence-corrected chi connectivity index (χ1v) is 7.34. The fourth-order valence-corrected chi connectivity index (χ4v) is 1.84. The van der Waals surface area contributed by atoms with Crippen molar-refractivity contribution >= 4 is 21.6 Å². The van der Waals surface area contributed by atoms with Gasteiger partial charge in [0.2, 0.25) is 0 Å². The molecule has 0 bridgehead atoms. The predicted molar refractivity (Wildman–Crippen MR) is 80.5 cm³/mol. The van der Waals surface area contributed by atoms with Gasteiger partial charge in [0.25, 0.3) is 0 Å². The molecular formula is C14H21BrFNO3. The van der Waals surface area contributed by atoms with E-state index in [-0.39, 0.29) is 25.1 Å². The second kappa shape index (κ2) is 9.28. The van der Waals surface area contributed by atoms with Crippen LogP contribution in [-0.4, -0.2) is 43.7 Å². The van der Waals surface area contributed by atoms with Gasteiger partial charge in [-0.15, -0.1) is 0 Å². The molecule has 0 aliphatic rings. The molecule has 0 fully saturated rings. The minimum atomic E-state index is -0.701. The third-order valence-corrected chi connectivity index (χ3v) is 2.94. The zero-order valence-electron chi connectivity index (χ0n) is 11.7. The minimum absolute atomic E-state index is 0.171. The molecule has 0 heterocycles. The highest BCUT2D eigenvalue weighted by Crippen LogP contribution is 2.19. The summed E-state index contributed by atoms with van der Waals surface area (Å²) >= 11 is 3.27. The maximum absolute atomic E-state index is 13.4. The summed E-state index contributed by atoms with van der Waals surface area (Å²) in [6.07, 6.45) is -0.530. The highest BCUT2D eigenvalue weighted by Gasteiger charge is 2.07. The molecule has 1 rings (SSSR count). The smallest absolute Gasteiger partial charge is 0.146 e. The molecule has 0 aliphatic carbocycles. The topological polar surface area (TPSA) is 50.7 Å². The molecule has 0 saturated heterocycles. The molecule has 114 valence electrons. The van der Waals surface area contributed by atoms with E-state index >= 15 is 0 Å². The van der Waals surface area contributed by atoms with E-state index in [0.29, 0.717) is 18.9 Å². The normalized spacial score (nSPS) is 12.7. The van der Waals surface area contributed by atoms with Crippen LogP contribution in [0.2, 0.25) is 0 Å². The highest BCUT2D eigenvalue weighted by molar-refractivity contribution is 9.10. The van der Waals surface area contributed by atoms with Crippen LogP contribution in [0.1, 0.15) is 13.8 Å². The Bertz CT molecular complexity index is 404. The lowest BCUT2D eigenvalue weighted by atomic mass is 10.3. The molecule has 0 aromatic heterocycles. The van der Waals surface area contributed by atoms with Gasteiger partial charge in [0.05, 0.1) is 37.7 Å². The van der Waals surface area contributed by atoms with Crippen molar-refractivity contribution in [3.8, 4) is 0 Å². The number of anilines is 1. The Hall–Kier alpha value is -0.690. The first-order valence-electron chi connectivity index (χ1n) is 6.55. The molecule has 1 aromatic rings. The minimum Gasteiger partial charge on any atom is -0.389 e. The highest BCUT2D eigenvalue weighted by atomic mass is 79.9. The Morgan fingerprint density at radius 3 is 2.80 bits per heavy atom. The second-order valence-corrected chi connectivity index (χ2v) is 5.57. The number of aliphatic hydroxyl groups is 1. The van der Waals surface area contributed by atoms with Gasteiger partial charge in [-0.05, 0) is 32.0 Å². The first kappa shape index (κ1) is 17.4. The lowest BCUT2D eigenvalue weighted by molar-refractivity contribution is -0.00735. The summed E-state index contributed by atoms with van der Waals surface area (Å²) in [7, 11) is 0. The van der Waals surface area contributed by atoms with Gasteiger partial charge in [-0.2, -0.15) is 0 Å². The average molecular weight is 350 g/mol. The van der Waals surface area contributed by atoms with Gasteiger partial charge in [0.15, 0.2) is 0 Å². The summed E-state index contributed by atoms with van der Waals surface area (Å²) in [5, 5.41) is 12.6. The SMILES string of the molecule is CC(C)OCCOCC(O)CNc1cc(Br)ccc1F. The quantitative estimate of drug-likeness (QED) is 0.673. The van der Waals surface area contributed by atoms with E-state index in [9.17, 15) is 9.50 Å². The lowest BCUT2D eigenvalue weighted by Crippen LogP contribution is -2.26. The molecule has 4 nitrogen and oxygen atoms in total. The van der Waals surface area contributed by atoms with Crippen molar-refractivity contribution in [2.75, 3.05) is 31.7 Å². The molecule has 20 heavy (non-hydrogen) atoms. The predicted octanol–water partition coefficient (Wildman–Crippen LogP) is 2.80. The van der Waals surface area contributed by atoms with Crippen LogP contribution < -0.4 is 5.32 Å². The third-order valence-electron chi connectivity index (χ3n) is 2.45. The maximum Gasteiger partial charge on any atom is 0.146 e. The number of aliphatic hydroxyl groups excluding tert-OH is 1. The molecule has 6 heteroatoms. The number of hydrogen-bond acceptors (Lipinski definition) is 4. The van der Waals surface area contributed by atoms with Gasteiger partial charge < -0.3 is 19.9 Å². The number of benzene rings is 1. The Morgan fingerprint density at radius 2 is 2.10 bits per heavy atom. The molecule has 0 saturated carbocycles. The summed E-state index contributed by atoms with van der Waals surface area (Å²) in [4.78, 5) is 0. The van der Waals surface area contributed by atoms with Crippen LogP contribution in [0.25, 0.3) is 0 Å². The van der Waals surface area contributed by atoms with Crippen LogP contribution in [0.3, 0.4) is 0 Å². The average Bonchev–Trinajstić information content (AvgIpc) is 2.39. The molecule has 1 atom stereocenters. The Kier molecular flexibility index (Phi) is 8.06. The van der Waals surface area contributed by atoms with Crippen molar-refractivity contribution in [2.45, 2.75) is 26.1 Å². The number of ether oxygens (including phenoxy) is 2. The Balaban J connectivity index is 2.19. The van der Waals surface area contributed by atoms with Crippen molar-refractivity contribution in [1.29, 1.82) is 0 Å². The van der Waals surface area contributed by atoms with E-state index in [1.807, 2.05) is 13.8 Å².